The van der Waals surface area contributed by atoms with Crippen LogP contribution in [0.4, 0.5) is 0 Å². The third-order valence-electron chi connectivity index (χ3n) is 11.9. The Balaban J connectivity index is 1.04. The van der Waals surface area contributed by atoms with Crippen molar-refractivity contribution in [1.82, 2.24) is 29.2 Å². The van der Waals surface area contributed by atoms with Gasteiger partial charge in [-0.25, -0.2) is 4.98 Å². The van der Waals surface area contributed by atoms with Crippen molar-refractivity contribution in [2.75, 3.05) is 61.0 Å². The number of rotatable bonds is 19. The van der Waals surface area contributed by atoms with Crippen LogP contribution in [0.1, 0.15) is 95.5 Å². The van der Waals surface area contributed by atoms with Crippen LogP contribution < -0.4 is 15.0 Å². The van der Waals surface area contributed by atoms with E-state index in [2.05, 4.69) is 16.8 Å². The lowest BCUT2D eigenvalue weighted by Crippen LogP contribution is -2.48. The molecular formula is C48H61N7O6S. The van der Waals surface area contributed by atoms with E-state index in [1.165, 1.54) is 17.4 Å². The first kappa shape index (κ1) is 47.3. The molecule has 0 N–H and O–H groups in total. The van der Waals surface area contributed by atoms with Crippen LogP contribution >= 0.6 is 11.3 Å². The summed E-state index contributed by atoms with van der Waals surface area (Å²) in [5.74, 6) is 1.18. The minimum absolute atomic E-state index is 0.0119. The highest BCUT2D eigenvalue weighted by Crippen LogP contribution is 2.37. The summed E-state index contributed by atoms with van der Waals surface area (Å²) >= 11 is 1.36. The first-order chi connectivity index (χ1) is 29.8. The SMILES string of the molecule is CCCC(c1ccc(C(=O)N(C)CCCCCCC(=O)N2CCN(Cc3c(OC)cc(-c4cn(C)c(=O)c(C)c4C)cc3OC)CC2)cc1)N(C)C(=O)/C(C#N)=C/c1nccs1. The summed E-state index contributed by atoms with van der Waals surface area (Å²) in [5.41, 5.74) is 5.96. The molecule has 1 saturated heterocycles. The number of nitriles is 1. The molecule has 1 aliphatic heterocycles. The maximum atomic E-state index is 13.3. The van der Waals surface area contributed by atoms with Crippen molar-refractivity contribution in [3.8, 4) is 28.7 Å². The van der Waals surface area contributed by atoms with Gasteiger partial charge in [-0.3, -0.25) is 24.1 Å². The van der Waals surface area contributed by atoms with Crippen LogP contribution in [0.5, 0.6) is 11.5 Å². The minimum atomic E-state index is -0.368. The Morgan fingerprint density at radius 1 is 0.968 bits per heavy atom. The number of nitrogens with zero attached hydrogens (tertiary/aromatic N) is 7. The van der Waals surface area contributed by atoms with E-state index in [1.807, 2.05) is 74.5 Å². The average Bonchev–Trinajstić information content (AvgIpc) is 3.81. The van der Waals surface area contributed by atoms with Gasteiger partial charge in [-0.05, 0) is 80.1 Å². The molecule has 1 fully saturated rings. The number of hydrogen-bond acceptors (Lipinski definition) is 10. The molecule has 4 aromatic rings. The predicted octanol–water partition coefficient (Wildman–Crippen LogP) is 7.42. The summed E-state index contributed by atoms with van der Waals surface area (Å²) in [4.78, 5) is 64.0. The van der Waals surface area contributed by atoms with Gasteiger partial charge in [-0.2, -0.15) is 5.26 Å². The number of hydrogen-bond donors (Lipinski definition) is 0. The van der Waals surface area contributed by atoms with Crippen LogP contribution in [0.15, 0.2) is 64.5 Å². The molecule has 5 rings (SSSR count). The second-order valence-electron chi connectivity index (χ2n) is 16.0. The summed E-state index contributed by atoms with van der Waals surface area (Å²) in [5, 5.41) is 12.1. The molecule has 2 aromatic heterocycles. The average molecular weight is 864 g/mol. The van der Waals surface area contributed by atoms with Gasteiger partial charge in [-0.15, -0.1) is 11.3 Å². The second-order valence-corrected chi connectivity index (χ2v) is 16.9. The van der Waals surface area contributed by atoms with Crippen LogP contribution in [0, 0.1) is 25.2 Å². The summed E-state index contributed by atoms with van der Waals surface area (Å²) < 4.78 is 13.3. The number of likely N-dealkylation sites (N-methyl/N-ethyl adjacent to an activating group) is 1. The fourth-order valence-corrected chi connectivity index (χ4v) is 8.58. The van der Waals surface area contributed by atoms with Gasteiger partial charge in [0.05, 0.1) is 25.8 Å². The van der Waals surface area contributed by atoms with Crippen LogP contribution in [0.2, 0.25) is 0 Å². The third-order valence-corrected chi connectivity index (χ3v) is 12.6. The highest BCUT2D eigenvalue weighted by molar-refractivity contribution is 7.10. The molecule has 3 heterocycles. The fraction of sp³-hybridized carbons (Fsp3) is 0.458. The Kier molecular flexibility index (Phi) is 17.0. The molecule has 62 heavy (non-hydrogen) atoms. The van der Waals surface area contributed by atoms with Gasteiger partial charge in [0.1, 0.15) is 28.1 Å². The molecule has 13 nitrogen and oxygen atoms in total. The summed E-state index contributed by atoms with van der Waals surface area (Å²) in [6.07, 6.45) is 10.5. The Bertz CT molecular complexity index is 2280. The van der Waals surface area contributed by atoms with Crippen LogP contribution in [0.3, 0.4) is 0 Å². The maximum Gasteiger partial charge on any atom is 0.264 e. The van der Waals surface area contributed by atoms with E-state index in [1.54, 1.807) is 54.3 Å². The maximum absolute atomic E-state index is 13.3. The lowest BCUT2D eigenvalue weighted by Gasteiger charge is -2.35. The Hall–Kier alpha value is -5.78. The van der Waals surface area contributed by atoms with E-state index < -0.39 is 0 Å². The molecule has 3 amide bonds. The van der Waals surface area contributed by atoms with E-state index >= 15 is 0 Å². The summed E-state index contributed by atoms with van der Waals surface area (Å²) in [6, 6.07) is 13.2. The quantitative estimate of drug-likeness (QED) is 0.0535. The first-order valence-corrected chi connectivity index (χ1v) is 22.3. The molecule has 0 bridgehead atoms. The third kappa shape index (κ3) is 11.6. The Labute approximate surface area is 370 Å². The predicted molar refractivity (Wildman–Crippen MR) is 244 cm³/mol. The number of ether oxygens (including phenoxy) is 2. The van der Waals surface area contributed by atoms with Crippen molar-refractivity contribution in [2.24, 2.45) is 7.05 Å². The van der Waals surface area contributed by atoms with E-state index in [0.717, 1.165) is 84.5 Å². The molecule has 330 valence electrons. The van der Waals surface area contributed by atoms with Gasteiger partial charge < -0.3 is 28.7 Å². The molecule has 0 aliphatic carbocycles. The van der Waals surface area contributed by atoms with E-state index in [-0.39, 0.29) is 34.9 Å². The number of pyridine rings is 1. The zero-order valence-electron chi connectivity index (χ0n) is 37.5. The standard InChI is InChI=1S/C48H61N7O6S/c1-9-14-41(53(6)48(59)38(30-49)29-44-50-20-26-62-44)35-16-18-36(19-17-35)47(58)51(4)21-13-11-10-12-15-45(56)55-24-22-54(23-25-55)32-40-42(60-7)27-37(28-43(40)61-8)39-31-52(5)46(57)34(3)33(39)2/h16-20,26-29,31,41H,9-15,21-25,32H2,1-8H3/b38-29+. The van der Waals surface area contributed by atoms with Gasteiger partial charge in [0, 0.05) is 101 Å². The van der Waals surface area contributed by atoms with Gasteiger partial charge in [0.2, 0.25) is 5.91 Å². The number of amides is 3. The van der Waals surface area contributed by atoms with Crippen molar-refractivity contribution in [3.63, 3.8) is 0 Å². The number of benzene rings is 2. The van der Waals surface area contributed by atoms with Gasteiger partial charge >= 0.3 is 0 Å². The van der Waals surface area contributed by atoms with E-state index in [0.29, 0.717) is 55.2 Å². The molecule has 14 heteroatoms. The number of methoxy groups -OCH3 is 2. The molecule has 0 spiro atoms. The minimum Gasteiger partial charge on any atom is -0.496 e. The van der Waals surface area contributed by atoms with Crippen LogP contribution in [-0.2, 0) is 23.2 Å². The molecule has 1 atom stereocenters. The molecule has 2 aromatic carbocycles. The summed E-state index contributed by atoms with van der Waals surface area (Å²) in [7, 11) is 8.59. The fourth-order valence-electron chi connectivity index (χ4n) is 8.01. The van der Waals surface area contributed by atoms with Crippen molar-refractivity contribution in [2.45, 2.75) is 78.3 Å². The molecule has 0 radical (unpaired) electrons. The number of carbonyl (C=O) groups is 3. The Morgan fingerprint density at radius 3 is 2.23 bits per heavy atom. The van der Waals surface area contributed by atoms with E-state index in [9.17, 15) is 24.4 Å². The summed E-state index contributed by atoms with van der Waals surface area (Å²) in [6.45, 7) is 9.90. The van der Waals surface area contributed by atoms with Crippen LogP contribution in [0.25, 0.3) is 17.2 Å². The highest BCUT2D eigenvalue weighted by Gasteiger charge is 2.26. The molecule has 1 aliphatic rings. The van der Waals surface area contributed by atoms with Crippen molar-refractivity contribution >= 4 is 35.1 Å². The lowest BCUT2D eigenvalue weighted by atomic mass is 9.97. The number of unbranched alkanes of at least 4 members (excludes halogenated alkanes) is 3. The first-order valence-electron chi connectivity index (χ1n) is 21.4. The van der Waals surface area contributed by atoms with E-state index in [4.69, 9.17) is 9.47 Å². The lowest BCUT2D eigenvalue weighted by molar-refractivity contribution is -0.133. The number of piperazine rings is 1. The highest BCUT2D eigenvalue weighted by atomic mass is 32.1. The van der Waals surface area contributed by atoms with Gasteiger partial charge in [0.25, 0.3) is 17.4 Å². The molecular weight excluding hydrogens is 803 g/mol. The van der Waals surface area contributed by atoms with Gasteiger partial charge in [-0.1, -0.05) is 38.3 Å². The number of aryl methyl sites for hydroxylation is 1. The number of thiazole rings is 1. The molecule has 0 saturated carbocycles. The smallest absolute Gasteiger partial charge is 0.264 e. The number of carbonyl (C=O) groups excluding carboxylic acids is 3. The van der Waals surface area contributed by atoms with Crippen molar-refractivity contribution < 1.29 is 23.9 Å². The normalized spacial score (nSPS) is 13.7. The van der Waals surface area contributed by atoms with Gasteiger partial charge in [0.15, 0.2) is 0 Å². The zero-order valence-corrected chi connectivity index (χ0v) is 38.3. The van der Waals surface area contributed by atoms with Crippen molar-refractivity contribution in [1.29, 1.82) is 5.26 Å². The zero-order chi connectivity index (χ0) is 44.9. The van der Waals surface area contributed by atoms with Crippen molar-refractivity contribution in [3.05, 3.63) is 103 Å². The monoisotopic (exact) mass is 863 g/mol. The largest absolute Gasteiger partial charge is 0.496 e. The van der Waals surface area contributed by atoms with Crippen LogP contribution in [-0.4, -0.2) is 108 Å². The molecule has 1 unspecified atom stereocenters. The number of aromatic nitrogens is 2. The topological polar surface area (TPSA) is 141 Å². The Morgan fingerprint density at radius 2 is 1.63 bits per heavy atom. The second kappa shape index (κ2) is 22.4.